The number of benzene rings is 2. The molecule has 0 amide bonds. The molecule has 0 saturated heterocycles. The lowest BCUT2D eigenvalue weighted by Gasteiger charge is -2.49. The molecule has 0 saturated carbocycles. The number of methoxy groups -OCH3 is 2. The molecule has 0 radical (unpaired) electrons. The third-order valence-electron chi connectivity index (χ3n) is 6.00. The van der Waals surface area contributed by atoms with Gasteiger partial charge in [0.05, 0.1) is 17.5 Å². The number of rotatable bonds is 8. The summed E-state index contributed by atoms with van der Waals surface area (Å²) in [5.41, 5.74) is -0.593. The summed E-state index contributed by atoms with van der Waals surface area (Å²) in [5.74, 6) is 0.481. The molecule has 2 N–H and O–H groups in total. The fraction of sp³-hybridized carbons (Fsp3) is 0.348. The molecular formula is C23H25FN4O6. The van der Waals surface area contributed by atoms with Crippen molar-refractivity contribution in [1.82, 2.24) is 9.97 Å². The first-order valence-electron chi connectivity index (χ1n) is 10.5. The smallest absolute Gasteiger partial charge is 0.270 e. The van der Waals surface area contributed by atoms with Crippen LogP contribution in [0.2, 0.25) is 0 Å². The van der Waals surface area contributed by atoms with Crippen LogP contribution in [0, 0.1) is 15.9 Å². The summed E-state index contributed by atoms with van der Waals surface area (Å²) >= 11 is 0. The van der Waals surface area contributed by atoms with E-state index in [9.17, 15) is 19.6 Å². The molecule has 11 heteroatoms. The number of halogens is 1. The molecule has 3 aromatic rings. The van der Waals surface area contributed by atoms with Gasteiger partial charge in [-0.1, -0.05) is 0 Å². The lowest BCUT2D eigenvalue weighted by Crippen LogP contribution is -2.62. The van der Waals surface area contributed by atoms with E-state index >= 15 is 0 Å². The number of ether oxygens (including phenoxy) is 3. The molecule has 2 aromatic carbocycles. The number of aliphatic hydroxyl groups is 1. The van der Waals surface area contributed by atoms with Crippen LogP contribution >= 0.6 is 0 Å². The highest BCUT2D eigenvalue weighted by Gasteiger charge is 2.54. The molecular weight excluding hydrogens is 447 g/mol. The highest BCUT2D eigenvalue weighted by Crippen LogP contribution is 2.47. The highest BCUT2D eigenvalue weighted by atomic mass is 19.1. The lowest BCUT2D eigenvalue weighted by atomic mass is 9.83. The van der Waals surface area contributed by atoms with Crippen molar-refractivity contribution in [2.75, 3.05) is 19.1 Å². The number of aromatic nitrogens is 2. The average Bonchev–Trinajstić information content (AvgIpc) is 3.33. The van der Waals surface area contributed by atoms with E-state index < -0.39 is 34.8 Å². The largest absolute Gasteiger partial charge is 0.479 e. The lowest BCUT2D eigenvalue weighted by molar-refractivity contribution is -0.385. The van der Waals surface area contributed by atoms with Crippen molar-refractivity contribution in [1.29, 1.82) is 0 Å². The molecule has 180 valence electrons. The number of imidazole rings is 1. The second kappa shape index (κ2) is 9.37. The number of fused-ring (bicyclic) bond motifs is 1. The second-order valence-corrected chi connectivity index (χ2v) is 8.10. The number of nitro groups is 1. The van der Waals surface area contributed by atoms with Gasteiger partial charge in [0, 0.05) is 50.0 Å². The first kappa shape index (κ1) is 23.6. The zero-order valence-corrected chi connectivity index (χ0v) is 18.8. The van der Waals surface area contributed by atoms with Gasteiger partial charge in [-0.15, -0.1) is 0 Å². The van der Waals surface area contributed by atoms with Gasteiger partial charge >= 0.3 is 0 Å². The van der Waals surface area contributed by atoms with Crippen LogP contribution in [0.25, 0.3) is 0 Å². The minimum atomic E-state index is -1.39. The van der Waals surface area contributed by atoms with Crippen molar-refractivity contribution in [2.45, 2.75) is 37.5 Å². The Morgan fingerprint density at radius 3 is 2.59 bits per heavy atom. The molecule has 3 atom stereocenters. The molecule has 1 aliphatic rings. The molecule has 34 heavy (non-hydrogen) atoms. The number of aromatic amines is 1. The van der Waals surface area contributed by atoms with Gasteiger partial charge in [-0.2, -0.15) is 0 Å². The predicted molar refractivity (Wildman–Crippen MR) is 120 cm³/mol. The van der Waals surface area contributed by atoms with Crippen LogP contribution in [0.1, 0.15) is 24.4 Å². The summed E-state index contributed by atoms with van der Waals surface area (Å²) in [7, 11) is 2.85. The SMILES string of the molecule is COC(OC)[C@@]1(C)Oc2ccc([N+](=O)[O-])cc2[C@@H](N(Cc2ncc[nH]2)c2ccc(F)cc2)[C@@H]1O. The Morgan fingerprint density at radius 1 is 1.29 bits per heavy atom. The Morgan fingerprint density at radius 2 is 2.00 bits per heavy atom. The Hall–Kier alpha value is -3.54. The van der Waals surface area contributed by atoms with Crippen LogP contribution in [-0.4, -0.2) is 52.2 Å². The number of non-ortho nitro benzene ring substituents is 1. The Balaban J connectivity index is 1.92. The average molecular weight is 472 g/mol. The number of hydrogen-bond donors (Lipinski definition) is 2. The van der Waals surface area contributed by atoms with Crippen LogP contribution in [0.4, 0.5) is 15.8 Å². The monoisotopic (exact) mass is 472 g/mol. The van der Waals surface area contributed by atoms with Gasteiger partial charge < -0.3 is 29.2 Å². The van der Waals surface area contributed by atoms with Crippen LogP contribution in [-0.2, 0) is 16.0 Å². The van der Waals surface area contributed by atoms with E-state index in [1.54, 1.807) is 36.4 Å². The first-order chi connectivity index (χ1) is 16.3. The summed E-state index contributed by atoms with van der Waals surface area (Å²) < 4.78 is 30.8. The molecule has 0 spiro atoms. The zero-order valence-electron chi connectivity index (χ0n) is 18.8. The van der Waals surface area contributed by atoms with Gasteiger partial charge in [-0.05, 0) is 37.3 Å². The normalized spacial score (nSPS) is 21.7. The van der Waals surface area contributed by atoms with Crippen molar-refractivity contribution in [3.63, 3.8) is 0 Å². The van der Waals surface area contributed by atoms with Crippen molar-refractivity contribution in [3.05, 3.63) is 82.2 Å². The molecule has 1 aromatic heterocycles. The van der Waals surface area contributed by atoms with Crippen LogP contribution in [0.15, 0.2) is 54.9 Å². The summed E-state index contributed by atoms with van der Waals surface area (Å²) in [6, 6.07) is 9.07. The van der Waals surface area contributed by atoms with E-state index in [0.717, 1.165) is 0 Å². The van der Waals surface area contributed by atoms with Crippen molar-refractivity contribution < 1.29 is 28.6 Å². The van der Waals surface area contributed by atoms with E-state index in [2.05, 4.69) is 9.97 Å². The molecule has 0 aliphatic carbocycles. The molecule has 0 unspecified atom stereocenters. The van der Waals surface area contributed by atoms with Gasteiger partial charge in [0.15, 0.2) is 11.9 Å². The minimum absolute atomic E-state index is 0.157. The number of nitrogens with zero attached hydrogens (tertiary/aromatic N) is 3. The number of nitrogens with one attached hydrogen (secondary N) is 1. The van der Waals surface area contributed by atoms with E-state index in [1.807, 2.05) is 0 Å². The van der Waals surface area contributed by atoms with E-state index in [4.69, 9.17) is 14.2 Å². The van der Waals surface area contributed by atoms with Gasteiger partial charge in [0.2, 0.25) is 0 Å². The third-order valence-corrected chi connectivity index (χ3v) is 6.00. The number of nitro benzene ring substituents is 1. The Labute approximate surface area is 195 Å². The minimum Gasteiger partial charge on any atom is -0.479 e. The zero-order chi connectivity index (χ0) is 24.5. The summed E-state index contributed by atoms with van der Waals surface area (Å²) in [6.07, 6.45) is 1.000. The highest BCUT2D eigenvalue weighted by molar-refractivity contribution is 5.55. The number of hydrogen-bond acceptors (Lipinski definition) is 8. The maximum atomic E-state index is 13.7. The maximum Gasteiger partial charge on any atom is 0.270 e. The summed E-state index contributed by atoms with van der Waals surface area (Å²) in [4.78, 5) is 20.1. The predicted octanol–water partition coefficient (Wildman–Crippen LogP) is 3.34. The molecule has 2 heterocycles. The fourth-order valence-electron chi connectivity index (χ4n) is 4.37. The van der Waals surface area contributed by atoms with Crippen molar-refractivity contribution >= 4 is 11.4 Å². The van der Waals surface area contributed by atoms with Crippen LogP contribution < -0.4 is 9.64 Å². The van der Waals surface area contributed by atoms with Crippen LogP contribution in [0.3, 0.4) is 0 Å². The topological polar surface area (TPSA) is 123 Å². The molecule has 0 fully saturated rings. The Kier molecular flexibility index (Phi) is 6.51. The standard InChI is InChI=1S/C23H25FN4O6/c1-23(22(32-2)33-3)21(29)20(17-12-16(28(30)31)8-9-18(17)34-23)27(13-19-25-10-11-26-19)15-6-4-14(24)5-7-15/h4-12,20-22,29H,13H2,1-3H3,(H,25,26)/t20-,21+,23+/m1/s1. The molecule has 1 aliphatic heterocycles. The Bertz CT molecular complexity index is 1140. The molecule has 0 bridgehead atoms. The van der Waals surface area contributed by atoms with Gasteiger partial charge in [0.1, 0.15) is 23.5 Å². The number of anilines is 1. The van der Waals surface area contributed by atoms with Crippen LogP contribution in [0.5, 0.6) is 5.75 Å². The van der Waals surface area contributed by atoms with E-state index in [1.165, 1.54) is 44.6 Å². The molecule has 10 nitrogen and oxygen atoms in total. The van der Waals surface area contributed by atoms with Crippen molar-refractivity contribution in [3.8, 4) is 5.75 Å². The van der Waals surface area contributed by atoms with E-state index in [0.29, 0.717) is 22.8 Å². The quantitative estimate of drug-likeness (QED) is 0.291. The second-order valence-electron chi connectivity index (χ2n) is 8.10. The first-order valence-corrected chi connectivity index (χ1v) is 10.5. The number of H-pyrrole nitrogens is 1. The molecule has 4 rings (SSSR count). The van der Waals surface area contributed by atoms with Gasteiger partial charge in [-0.25, -0.2) is 9.37 Å². The van der Waals surface area contributed by atoms with Gasteiger partial charge in [0.25, 0.3) is 5.69 Å². The van der Waals surface area contributed by atoms with Gasteiger partial charge in [-0.3, -0.25) is 10.1 Å². The fourth-order valence-corrected chi connectivity index (χ4v) is 4.37. The summed E-state index contributed by atoms with van der Waals surface area (Å²) in [6.45, 7) is 1.83. The van der Waals surface area contributed by atoms with Crippen molar-refractivity contribution in [2.24, 2.45) is 0 Å². The number of aliphatic hydroxyl groups excluding tert-OH is 1. The van der Waals surface area contributed by atoms with E-state index in [-0.39, 0.29) is 12.2 Å². The third kappa shape index (κ3) is 4.20. The summed E-state index contributed by atoms with van der Waals surface area (Å²) in [5, 5.41) is 23.2. The maximum absolute atomic E-state index is 13.7.